The number of hydrogen-bond donors (Lipinski definition) is 3. The van der Waals surface area contributed by atoms with Gasteiger partial charge in [-0.2, -0.15) is 0 Å². The van der Waals surface area contributed by atoms with Crippen molar-refractivity contribution in [3.63, 3.8) is 0 Å². The summed E-state index contributed by atoms with van der Waals surface area (Å²) in [6, 6.07) is 6.12. The van der Waals surface area contributed by atoms with E-state index in [9.17, 15) is 14.7 Å². The first-order valence-electron chi connectivity index (χ1n) is 8.78. The van der Waals surface area contributed by atoms with Gasteiger partial charge < -0.3 is 25.4 Å². The molecule has 0 unspecified atom stereocenters. The van der Waals surface area contributed by atoms with Crippen molar-refractivity contribution in [2.24, 2.45) is 5.92 Å². The summed E-state index contributed by atoms with van der Waals surface area (Å²) in [5.41, 5.74) is 0.665. The Morgan fingerprint density at radius 2 is 1.92 bits per heavy atom. The number of hydrogen-bond acceptors (Lipinski definition) is 5. The zero-order valence-electron chi connectivity index (χ0n) is 14.4. The predicted molar refractivity (Wildman–Crippen MR) is 93.2 cm³/mol. The fourth-order valence-electron chi connectivity index (χ4n) is 3.36. The maximum absolute atomic E-state index is 12.6. The Hall–Kier alpha value is -2.12. The number of aromatic hydroxyl groups is 1. The van der Waals surface area contributed by atoms with Crippen molar-refractivity contribution in [3.8, 4) is 5.75 Å². The molecule has 0 spiro atoms. The minimum atomic E-state index is -0.295. The third kappa shape index (κ3) is 4.29. The van der Waals surface area contributed by atoms with Crippen LogP contribution in [0.15, 0.2) is 24.3 Å². The van der Waals surface area contributed by atoms with E-state index in [1.54, 1.807) is 12.1 Å². The lowest BCUT2D eigenvalue weighted by Gasteiger charge is -2.37. The number of anilines is 1. The second-order valence-corrected chi connectivity index (χ2v) is 6.64. The third-order valence-corrected chi connectivity index (χ3v) is 4.89. The molecule has 2 heterocycles. The molecule has 136 valence electrons. The van der Waals surface area contributed by atoms with E-state index < -0.39 is 0 Å². The van der Waals surface area contributed by atoms with Crippen molar-refractivity contribution in [1.29, 1.82) is 0 Å². The van der Waals surface area contributed by atoms with Crippen molar-refractivity contribution in [3.05, 3.63) is 24.3 Å². The van der Waals surface area contributed by atoms with Gasteiger partial charge in [0.25, 0.3) is 0 Å². The average molecular weight is 347 g/mol. The van der Waals surface area contributed by atoms with Crippen molar-refractivity contribution in [2.75, 3.05) is 31.6 Å². The van der Waals surface area contributed by atoms with Crippen molar-refractivity contribution in [2.45, 2.75) is 31.9 Å². The zero-order valence-corrected chi connectivity index (χ0v) is 14.4. The highest BCUT2D eigenvalue weighted by molar-refractivity contribution is 5.93. The van der Waals surface area contributed by atoms with Gasteiger partial charge in [0.1, 0.15) is 11.8 Å². The molecule has 2 atom stereocenters. The molecule has 0 radical (unpaired) electrons. The highest BCUT2D eigenvalue weighted by atomic mass is 16.5. The van der Waals surface area contributed by atoms with Crippen LogP contribution >= 0.6 is 0 Å². The second kappa shape index (κ2) is 7.84. The van der Waals surface area contributed by atoms with E-state index in [1.807, 2.05) is 11.8 Å². The van der Waals surface area contributed by atoms with Gasteiger partial charge in [-0.3, -0.25) is 9.59 Å². The first-order valence-corrected chi connectivity index (χ1v) is 8.78. The maximum atomic E-state index is 12.6. The summed E-state index contributed by atoms with van der Waals surface area (Å²) >= 11 is 0. The highest BCUT2D eigenvalue weighted by Gasteiger charge is 2.34. The number of amides is 2. The Morgan fingerprint density at radius 3 is 2.56 bits per heavy atom. The molecule has 1 aromatic carbocycles. The molecule has 7 nitrogen and oxygen atoms in total. The van der Waals surface area contributed by atoms with E-state index >= 15 is 0 Å². The molecule has 2 saturated heterocycles. The molecule has 7 heteroatoms. The smallest absolute Gasteiger partial charge is 0.242 e. The molecule has 0 aromatic heterocycles. The van der Waals surface area contributed by atoms with Crippen molar-refractivity contribution >= 4 is 17.5 Å². The molecule has 0 bridgehead atoms. The van der Waals surface area contributed by atoms with E-state index in [0.717, 1.165) is 0 Å². The fraction of sp³-hybridized carbons (Fsp3) is 0.556. The number of piperidine rings is 1. The quantitative estimate of drug-likeness (QED) is 0.708. The number of ether oxygens (including phenoxy) is 1. The SMILES string of the molecule is C[C@H]1OCCN[C@@H]1C(=O)N1CCC(C(=O)Nc2ccc(O)cc2)CC1. The van der Waals surface area contributed by atoms with Gasteiger partial charge in [-0.1, -0.05) is 0 Å². The summed E-state index contributed by atoms with van der Waals surface area (Å²) in [4.78, 5) is 26.8. The number of morpholine rings is 1. The number of carbonyl (C=O) groups is 2. The normalized spacial score (nSPS) is 24.8. The summed E-state index contributed by atoms with van der Waals surface area (Å²) in [7, 11) is 0. The Labute approximate surface area is 147 Å². The lowest BCUT2D eigenvalue weighted by Crippen LogP contribution is -2.57. The summed E-state index contributed by atoms with van der Waals surface area (Å²) in [5, 5.41) is 15.4. The lowest BCUT2D eigenvalue weighted by atomic mass is 9.95. The zero-order chi connectivity index (χ0) is 17.8. The molecular weight excluding hydrogens is 322 g/mol. The van der Waals surface area contributed by atoms with E-state index in [0.29, 0.717) is 44.8 Å². The Bertz CT molecular complexity index is 611. The van der Waals surface area contributed by atoms with Gasteiger partial charge in [0, 0.05) is 31.2 Å². The molecule has 3 N–H and O–H groups in total. The summed E-state index contributed by atoms with van der Waals surface area (Å²) in [6.45, 7) is 4.39. The van der Waals surface area contributed by atoms with Crippen molar-refractivity contribution in [1.82, 2.24) is 10.2 Å². The van der Waals surface area contributed by atoms with Gasteiger partial charge >= 0.3 is 0 Å². The number of nitrogens with zero attached hydrogens (tertiary/aromatic N) is 1. The number of carbonyl (C=O) groups excluding carboxylic acids is 2. The molecule has 0 aliphatic carbocycles. The Morgan fingerprint density at radius 1 is 1.24 bits per heavy atom. The third-order valence-electron chi connectivity index (χ3n) is 4.89. The van der Waals surface area contributed by atoms with Crippen LogP contribution in [0.1, 0.15) is 19.8 Å². The molecule has 0 saturated carbocycles. The largest absolute Gasteiger partial charge is 0.508 e. The van der Waals surface area contributed by atoms with Crippen molar-refractivity contribution < 1.29 is 19.4 Å². The standard InChI is InChI=1S/C18H25N3O4/c1-12-16(19-8-11-25-12)18(24)21-9-6-13(7-10-21)17(23)20-14-2-4-15(22)5-3-14/h2-5,12-13,16,19,22H,6-11H2,1H3,(H,20,23)/t12-,16+/m1/s1. The van der Waals surface area contributed by atoms with Crippen LogP contribution in [0.4, 0.5) is 5.69 Å². The monoisotopic (exact) mass is 347 g/mol. The molecular formula is C18H25N3O4. The number of benzene rings is 1. The first-order chi connectivity index (χ1) is 12.0. The fourth-order valence-corrected chi connectivity index (χ4v) is 3.36. The molecule has 2 aliphatic rings. The number of likely N-dealkylation sites (tertiary alicyclic amines) is 1. The van der Waals surface area contributed by atoms with Gasteiger partial charge in [0.2, 0.25) is 11.8 Å². The van der Waals surface area contributed by atoms with Gasteiger partial charge in [-0.25, -0.2) is 0 Å². The highest BCUT2D eigenvalue weighted by Crippen LogP contribution is 2.22. The minimum absolute atomic E-state index is 0.0368. The lowest BCUT2D eigenvalue weighted by molar-refractivity contribution is -0.142. The van der Waals surface area contributed by atoms with Crippen LogP contribution in [0.5, 0.6) is 5.75 Å². The molecule has 3 rings (SSSR count). The number of phenols is 1. The maximum Gasteiger partial charge on any atom is 0.242 e. The van der Waals surface area contributed by atoms with Crippen LogP contribution in [0.2, 0.25) is 0 Å². The predicted octanol–water partition coefficient (Wildman–Crippen LogP) is 0.946. The summed E-state index contributed by atoms with van der Waals surface area (Å²) in [5.74, 6) is 0.0834. The van der Waals surface area contributed by atoms with E-state index in [1.165, 1.54) is 12.1 Å². The second-order valence-electron chi connectivity index (χ2n) is 6.64. The van der Waals surface area contributed by atoms with Crippen LogP contribution in [0.3, 0.4) is 0 Å². The van der Waals surface area contributed by atoms with Gasteiger partial charge in [-0.05, 0) is 44.0 Å². The van der Waals surface area contributed by atoms with Gasteiger partial charge in [0.15, 0.2) is 0 Å². The van der Waals surface area contributed by atoms with E-state index in [-0.39, 0.29) is 35.6 Å². The van der Waals surface area contributed by atoms with Gasteiger partial charge in [-0.15, -0.1) is 0 Å². The number of phenolic OH excluding ortho intramolecular Hbond substituents is 1. The summed E-state index contributed by atoms with van der Waals surface area (Å²) < 4.78 is 5.54. The number of nitrogens with one attached hydrogen (secondary N) is 2. The Balaban J connectivity index is 1.50. The molecule has 2 aliphatic heterocycles. The Kier molecular flexibility index (Phi) is 5.55. The topological polar surface area (TPSA) is 90.9 Å². The van der Waals surface area contributed by atoms with Gasteiger partial charge in [0.05, 0.1) is 12.7 Å². The van der Waals surface area contributed by atoms with E-state index in [2.05, 4.69) is 10.6 Å². The van der Waals surface area contributed by atoms with Crippen LogP contribution in [0, 0.1) is 5.92 Å². The molecule has 2 fully saturated rings. The van der Waals surface area contributed by atoms with E-state index in [4.69, 9.17) is 4.74 Å². The number of rotatable bonds is 3. The molecule has 25 heavy (non-hydrogen) atoms. The molecule has 1 aromatic rings. The van der Waals surface area contributed by atoms with Crippen LogP contribution < -0.4 is 10.6 Å². The first kappa shape index (κ1) is 17.7. The van der Waals surface area contributed by atoms with Crippen LogP contribution in [-0.4, -0.2) is 60.2 Å². The van der Waals surface area contributed by atoms with Crippen LogP contribution in [-0.2, 0) is 14.3 Å². The van der Waals surface area contributed by atoms with Crippen LogP contribution in [0.25, 0.3) is 0 Å². The average Bonchev–Trinajstić information content (AvgIpc) is 2.63. The minimum Gasteiger partial charge on any atom is -0.508 e. The molecule has 2 amide bonds. The summed E-state index contributed by atoms with van der Waals surface area (Å²) in [6.07, 6.45) is 1.17.